The molecule has 0 radical (unpaired) electrons. The topological polar surface area (TPSA) is 101 Å². The number of rotatable bonds is 3. The molecule has 3 N–H and O–H groups in total. The third kappa shape index (κ3) is 2.94. The van der Waals surface area contributed by atoms with E-state index in [-0.39, 0.29) is 4.90 Å². The zero-order valence-corrected chi connectivity index (χ0v) is 12.1. The normalized spacial score (nSPS) is 23.6. The third-order valence-electron chi connectivity index (χ3n) is 3.74. The van der Waals surface area contributed by atoms with Crippen molar-refractivity contribution in [2.24, 2.45) is 10.6 Å². The van der Waals surface area contributed by atoms with E-state index in [1.807, 2.05) is 4.90 Å². The number of carbonyl (C=O) groups is 1. The molecule has 0 aromatic heterocycles. The van der Waals surface area contributed by atoms with Crippen LogP contribution in [0, 0.1) is 5.41 Å². The molecule has 1 unspecified atom stereocenters. The second kappa shape index (κ2) is 5.06. The predicted molar refractivity (Wildman–Crippen MR) is 75.0 cm³/mol. The molecule has 6 nitrogen and oxygen atoms in total. The van der Waals surface area contributed by atoms with Crippen LogP contribution >= 0.6 is 0 Å². The van der Waals surface area contributed by atoms with E-state index >= 15 is 0 Å². The number of carboxylic acid groups (broad SMARTS) is 1. The van der Waals surface area contributed by atoms with Gasteiger partial charge in [0.2, 0.25) is 10.0 Å². The van der Waals surface area contributed by atoms with E-state index in [2.05, 4.69) is 0 Å². The number of primary sulfonamides is 1. The molecule has 20 heavy (non-hydrogen) atoms. The first kappa shape index (κ1) is 14.8. The molecular formula is C13H18N2O4S. The lowest BCUT2D eigenvalue weighted by molar-refractivity contribution is -0.148. The highest BCUT2D eigenvalue weighted by molar-refractivity contribution is 7.89. The Morgan fingerprint density at radius 2 is 1.95 bits per heavy atom. The molecule has 1 heterocycles. The Balaban J connectivity index is 2.22. The standard InChI is InChI=1S/C13H18N2O4S/c1-13(12(16)17)7-2-8-15(9-13)10-3-5-11(6-4-10)20(14,18)19/h3-6H,2,7-9H2,1H3,(H,16,17)(H2,14,18,19). The molecule has 110 valence electrons. The van der Waals surface area contributed by atoms with Gasteiger partial charge in [-0.05, 0) is 44.0 Å². The van der Waals surface area contributed by atoms with Gasteiger partial charge in [-0.1, -0.05) is 0 Å². The van der Waals surface area contributed by atoms with Crippen molar-refractivity contribution in [2.75, 3.05) is 18.0 Å². The van der Waals surface area contributed by atoms with Crippen LogP contribution in [0.15, 0.2) is 29.2 Å². The molecule has 0 aliphatic carbocycles. The van der Waals surface area contributed by atoms with Crippen molar-refractivity contribution < 1.29 is 18.3 Å². The number of sulfonamides is 1. The third-order valence-corrected chi connectivity index (χ3v) is 4.67. The maximum Gasteiger partial charge on any atom is 0.311 e. The number of nitrogens with two attached hydrogens (primary N) is 1. The van der Waals surface area contributed by atoms with Crippen LogP contribution in [-0.4, -0.2) is 32.6 Å². The van der Waals surface area contributed by atoms with Crippen LogP contribution in [0.4, 0.5) is 5.69 Å². The summed E-state index contributed by atoms with van der Waals surface area (Å²) in [4.78, 5) is 13.3. The van der Waals surface area contributed by atoms with E-state index in [0.29, 0.717) is 13.0 Å². The number of benzene rings is 1. The minimum absolute atomic E-state index is 0.0549. The summed E-state index contributed by atoms with van der Waals surface area (Å²) < 4.78 is 22.4. The van der Waals surface area contributed by atoms with Gasteiger partial charge in [0.15, 0.2) is 0 Å². The summed E-state index contributed by atoms with van der Waals surface area (Å²) in [5, 5.41) is 14.3. The lowest BCUT2D eigenvalue weighted by atomic mass is 9.82. The highest BCUT2D eigenvalue weighted by Crippen LogP contribution is 2.32. The van der Waals surface area contributed by atoms with Crippen LogP contribution in [0.3, 0.4) is 0 Å². The molecule has 1 aromatic rings. The summed E-state index contributed by atoms with van der Waals surface area (Å²) in [6, 6.07) is 6.20. The molecule has 0 spiro atoms. The lowest BCUT2D eigenvalue weighted by Crippen LogP contribution is -2.46. The zero-order valence-electron chi connectivity index (χ0n) is 11.2. The second-order valence-electron chi connectivity index (χ2n) is 5.43. The Morgan fingerprint density at radius 1 is 1.35 bits per heavy atom. The monoisotopic (exact) mass is 298 g/mol. The fourth-order valence-electron chi connectivity index (χ4n) is 2.48. The Morgan fingerprint density at radius 3 is 2.45 bits per heavy atom. The van der Waals surface area contributed by atoms with Gasteiger partial charge in [-0.3, -0.25) is 4.79 Å². The van der Waals surface area contributed by atoms with Gasteiger partial charge in [-0.2, -0.15) is 0 Å². The van der Waals surface area contributed by atoms with Crippen LogP contribution in [-0.2, 0) is 14.8 Å². The average Bonchev–Trinajstić information content (AvgIpc) is 2.38. The summed E-state index contributed by atoms with van der Waals surface area (Å²) in [6.07, 6.45) is 1.44. The van der Waals surface area contributed by atoms with Crippen LogP contribution in [0.2, 0.25) is 0 Å². The van der Waals surface area contributed by atoms with Crippen molar-refractivity contribution in [3.8, 4) is 0 Å². The molecule has 1 saturated heterocycles. The summed E-state index contributed by atoms with van der Waals surface area (Å²) in [5.41, 5.74) is 0.0428. The van der Waals surface area contributed by atoms with Gasteiger partial charge >= 0.3 is 5.97 Å². The van der Waals surface area contributed by atoms with Gasteiger partial charge in [-0.15, -0.1) is 0 Å². The minimum atomic E-state index is -3.70. The molecular weight excluding hydrogens is 280 g/mol. The second-order valence-corrected chi connectivity index (χ2v) is 6.99. The first-order valence-corrected chi connectivity index (χ1v) is 7.88. The van der Waals surface area contributed by atoms with Crippen LogP contribution in [0.5, 0.6) is 0 Å². The van der Waals surface area contributed by atoms with Crippen molar-refractivity contribution in [1.29, 1.82) is 0 Å². The minimum Gasteiger partial charge on any atom is -0.481 e. The number of piperidine rings is 1. The quantitative estimate of drug-likeness (QED) is 0.868. The molecule has 1 fully saturated rings. The Bertz CT molecular complexity index is 612. The smallest absolute Gasteiger partial charge is 0.311 e. The molecule has 2 rings (SSSR count). The van der Waals surface area contributed by atoms with E-state index < -0.39 is 21.4 Å². The molecule has 7 heteroatoms. The lowest BCUT2D eigenvalue weighted by Gasteiger charge is -2.38. The van der Waals surface area contributed by atoms with E-state index in [1.165, 1.54) is 12.1 Å². The highest BCUT2D eigenvalue weighted by Gasteiger charge is 2.37. The van der Waals surface area contributed by atoms with Gasteiger partial charge in [0.1, 0.15) is 0 Å². The van der Waals surface area contributed by atoms with Crippen molar-refractivity contribution in [3.05, 3.63) is 24.3 Å². The number of hydrogen-bond acceptors (Lipinski definition) is 4. The Hall–Kier alpha value is -1.60. The largest absolute Gasteiger partial charge is 0.481 e. The maximum atomic E-state index is 11.3. The zero-order chi connectivity index (χ0) is 15.0. The van der Waals surface area contributed by atoms with Crippen LogP contribution in [0.1, 0.15) is 19.8 Å². The van der Waals surface area contributed by atoms with Gasteiger partial charge in [0.25, 0.3) is 0 Å². The van der Waals surface area contributed by atoms with Crippen molar-refractivity contribution in [1.82, 2.24) is 0 Å². The summed E-state index contributed by atoms with van der Waals surface area (Å²) in [5.74, 6) is -0.802. The molecule has 0 saturated carbocycles. The number of anilines is 1. The Labute approximate surface area is 118 Å². The molecule has 1 aromatic carbocycles. The molecule has 0 bridgehead atoms. The predicted octanol–water partition coefficient (Wildman–Crippen LogP) is 1.03. The van der Waals surface area contributed by atoms with Gasteiger partial charge in [0, 0.05) is 18.8 Å². The van der Waals surface area contributed by atoms with Crippen LogP contribution < -0.4 is 10.0 Å². The van der Waals surface area contributed by atoms with Crippen molar-refractivity contribution >= 4 is 21.7 Å². The van der Waals surface area contributed by atoms with E-state index in [9.17, 15) is 18.3 Å². The Kier molecular flexibility index (Phi) is 3.75. The number of hydrogen-bond donors (Lipinski definition) is 2. The van der Waals surface area contributed by atoms with E-state index in [0.717, 1.165) is 18.7 Å². The maximum absolute atomic E-state index is 11.3. The number of aliphatic carboxylic acids is 1. The number of carboxylic acids is 1. The fourth-order valence-corrected chi connectivity index (χ4v) is 3.00. The van der Waals surface area contributed by atoms with E-state index in [4.69, 9.17) is 5.14 Å². The van der Waals surface area contributed by atoms with Crippen molar-refractivity contribution in [2.45, 2.75) is 24.7 Å². The average molecular weight is 298 g/mol. The SMILES string of the molecule is CC1(C(=O)O)CCCN(c2ccc(S(N)(=O)=O)cc2)C1. The first-order valence-electron chi connectivity index (χ1n) is 6.34. The van der Waals surface area contributed by atoms with Gasteiger partial charge in [-0.25, -0.2) is 13.6 Å². The highest BCUT2D eigenvalue weighted by atomic mass is 32.2. The van der Waals surface area contributed by atoms with Crippen molar-refractivity contribution in [3.63, 3.8) is 0 Å². The fraction of sp³-hybridized carbons (Fsp3) is 0.462. The first-order chi connectivity index (χ1) is 9.22. The molecule has 1 atom stereocenters. The van der Waals surface area contributed by atoms with Gasteiger partial charge in [0.05, 0.1) is 10.3 Å². The van der Waals surface area contributed by atoms with Crippen LogP contribution in [0.25, 0.3) is 0 Å². The molecule has 1 aliphatic rings. The number of nitrogens with zero attached hydrogens (tertiary/aromatic N) is 1. The summed E-state index contributed by atoms with van der Waals surface area (Å²) in [7, 11) is -3.70. The van der Waals surface area contributed by atoms with E-state index in [1.54, 1.807) is 19.1 Å². The summed E-state index contributed by atoms with van der Waals surface area (Å²) in [6.45, 7) is 2.91. The molecule has 1 aliphatic heterocycles. The summed E-state index contributed by atoms with van der Waals surface area (Å²) >= 11 is 0. The van der Waals surface area contributed by atoms with Gasteiger partial charge < -0.3 is 10.0 Å². The molecule has 0 amide bonds.